The second-order valence-electron chi connectivity index (χ2n) is 7.54. The minimum absolute atomic E-state index is 0.153. The summed E-state index contributed by atoms with van der Waals surface area (Å²) in [6.07, 6.45) is 0. The lowest BCUT2D eigenvalue weighted by atomic mass is 9.92. The number of Topliss-reactive ketones (excluding diaryl/α,β-unsaturated/α-hetero) is 1. The van der Waals surface area contributed by atoms with E-state index in [1.54, 1.807) is 31.2 Å². The predicted molar refractivity (Wildman–Crippen MR) is 99.2 cm³/mol. The number of rotatable bonds is 4. The third kappa shape index (κ3) is 2.65. The van der Waals surface area contributed by atoms with E-state index in [0.29, 0.717) is 24.3 Å². The number of para-hydroxylation sites is 1. The lowest BCUT2D eigenvalue weighted by molar-refractivity contribution is -0.125. The Kier molecular flexibility index (Phi) is 3.91. The third-order valence-electron chi connectivity index (χ3n) is 5.73. The van der Waals surface area contributed by atoms with Crippen LogP contribution < -0.4 is 10.6 Å². The van der Waals surface area contributed by atoms with Crippen molar-refractivity contribution in [1.29, 1.82) is 0 Å². The van der Waals surface area contributed by atoms with E-state index in [4.69, 9.17) is 0 Å². The van der Waals surface area contributed by atoms with Crippen LogP contribution in [0, 0.1) is 31.1 Å². The van der Waals surface area contributed by atoms with Gasteiger partial charge in [-0.15, -0.1) is 0 Å². The average Bonchev–Trinajstić information content (AvgIpc) is 3.17. The van der Waals surface area contributed by atoms with E-state index in [2.05, 4.69) is 15.7 Å². The van der Waals surface area contributed by atoms with Gasteiger partial charge in [0.2, 0.25) is 11.8 Å². The standard InChI is InChI=1S/C20H22N4O3/c1-11-10-12(2)24(23-11)9-8-21-18(26)15-16-19(27)22-14-7-5-4-6-13(14)17(25)20(15,16)3/h4-7,10,15-16H,8-9H2,1-3H3,(H,21,26)(H,22,27)/t15-,16?,20+/m0/s1. The first kappa shape index (κ1) is 17.5. The van der Waals surface area contributed by atoms with Crippen LogP contribution in [0.2, 0.25) is 0 Å². The van der Waals surface area contributed by atoms with Gasteiger partial charge >= 0.3 is 0 Å². The number of anilines is 1. The molecule has 1 aromatic heterocycles. The number of fused-ring (bicyclic) bond motifs is 2. The monoisotopic (exact) mass is 366 g/mol. The first-order valence-corrected chi connectivity index (χ1v) is 9.07. The van der Waals surface area contributed by atoms with Crippen LogP contribution >= 0.6 is 0 Å². The summed E-state index contributed by atoms with van der Waals surface area (Å²) < 4.78 is 1.83. The lowest BCUT2D eigenvalue weighted by Crippen LogP contribution is -2.32. The van der Waals surface area contributed by atoms with Crippen LogP contribution in [0.15, 0.2) is 30.3 Å². The van der Waals surface area contributed by atoms with Crippen molar-refractivity contribution in [2.45, 2.75) is 27.3 Å². The van der Waals surface area contributed by atoms with Crippen LogP contribution in [0.5, 0.6) is 0 Å². The van der Waals surface area contributed by atoms with E-state index < -0.39 is 17.3 Å². The van der Waals surface area contributed by atoms with Crippen LogP contribution in [0.3, 0.4) is 0 Å². The van der Waals surface area contributed by atoms with Gasteiger partial charge in [0.05, 0.1) is 35.2 Å². The van der Waals surface area contributed by atoms with Gasteiger partial charge < -0.3 is 10.6 Å². The predicted octanol–water partition coefficient (Wildman–Crippen LogP) is 1.70. The SMILES string of the molecule is Cc1cc(C)n(CCNC(=O)[C@@H]2C3C(=O)Nc4ccccc4C(=O)[C@@]32C)n1. The Morgan fingerprint density at radius 1 is 1.30 bits per heavy atom. The molecule has 7 nitrogen and oxygen atoms in total. The number of amides is 2. The van der Waals surface area contributed by atoms with Crippen LogP contribution in [-0.2, 0) is 16.1 Å². The smallest absolute Gasteiger partial charge is 0.229 e. The van der Waals surface area contributed by atoms with E-state index in [9.17, 15) is 14.4 Å². The number of nitrogens with one attached hydrogen (secondary N) is 2. The second-order valence-corrected chi connectivity index (χ2v) is 7.54. The maximum Gasteiger partial charge on any atom is 0.229 e. The molecule has 2 amide bonds. The Labute approximate surface area is 157 Å². The van der Waals surface area contributed by atoms with Gasteiger partial charge in [0.1, 0.15) is 0 Å². The minimum atomic E-state index is -0.987. The molecular formula is C20H22N4O3. The van der Waals surface area contributed by atoms with Crippen molar-refractivity contribution in [2.75, 3.05) is 11.9 Å². The third-order valence-corrected chi connectivity index (χ3v) is 5.73. The summed E-state index contributed by atoms with van der Waals surface area (Å²) in [5, 5.41) is 10.0. The zero-order valence-electron chi connectivity index (χ0n) is 15.6. The number of nitrogens with zero attached hydrogens (tertiary/aromatic N) is 2. The van der Waals surface area contributed by atoms with Crippen LogP contribution in [-0.4, -0.2) is 33.9 Å². The van der Waals surface area contributed by atoms with Crippen molar-refractivity contribution in [1.82, 2.24) is 15.1 Å². The average molecular weight is 366 g/mol. The van der Waals surface area contributed by atoms with E-state index in [1.165, 1.54) is 0 Å². The van der Waals surface area contributed by atoms with Crippen LogP contribution in [0.25, 0.3) is 0 Å². The molecule has 4 rings (SSSR count). The molecule has 2 heterocycles. The summed E-state index contributed by atoms with van der Waals surface area (Å²) in [6, 6.07) is 8.92. The summed E-state index contributed by atoms with van der Waals surface area (Å²) in [5.74, 6) is -1.95. The number of hydrogen-bond acceptors (Lipinski definition) is 4. The highest BCUT2D eigenvalue weighted by Crippen LogP contribution is 2.62. The Morgan fingerprint density at radius 2 is 2.04 bits per heavy atom. The highest BCUT2D eigenvalue weighted by molar-refractivity contribution is 6.19. The molecule has 0 bridgehead atoms. The fourth-order valence-electron chi connectivity index (χ4n) is 4.23. The molecular weight excluding hydrogens is 344 g/mol. The Morgan fingerprint density at radius 3 is 2.74 bits per heavy atom. The number of hydrogen-bond donors (Lipinski definition) is 2. The van der Waals surface area contributed by atoms with Gasteiger partial charge in [-0.3, -0.25) is 19.1 Å². The van der Waals surface area contributed by atoms with Gasteiger partial charge in [0, 0.05) is 17.8 Å². The Balaban J connectivity index is 1.48. The molecule has 140 valence electrons. The zero-order chi connectivity index (χ0) is 19.3. The van der Waals surface area contributed by atoms with Gasteiger partial charge in [-0.05, 0) is 32.0 Å². The molecule has 1 aromatic carbocycles. The van der Waals surface area contributed by atoms with Gasteiger partial charge in [-0.1, -0.05) is 19.1 Å². The number of carbonyl (C=O) groups excluding carboxylic acids is 3. The first-order valence-electron chi connectivity index (χ1n) is 9.07. The fourth-order valence-corrected chi connectivity index (χ4v) is 4.23. The summed E-state index contributed by atoms with van der Waals surface area (Å²) in [6.45, 7) is 6.53. The van der Waals surface area contributed by atoms with Crippen molar-refractivity contribution in [3.63, 3.8) is 0 Å². The van der Waals surface area contributed by atoms with Crippen molar-refractivity contribution in [2.24, 2.45) is 17.3 Å². The molecule has 0 spiro atoms. The summed E-state index contributed by atoms with van der Waals surface area (Å²) >= 11 is 0. The maximum absolute atomic E-state index is 13.0. The molecule has 0 saturated heterocycles. The van der Waals surface area contributed by atoms with Gasteiger partial charge in [0.25, 0.3) is 0 Å². The Bertz CT molecular complexity index is 964. The molecule has 2 aliphatic rings. The van der Waals surface area contributed by atoms with Crippen molar-refractivity contribution in [3.05, 3.63) is 47.3 Å². The van der Waals surface area contributed by atoms with Crippen molar-refractivity contribution >= 4 is 23.3 Å². The molecule has 1 unspecified atom stereocenters. The normalized spacial score (nSPS) is 25.9. The second kappa shape index (κ2) is 6.04. The fraction of sp³-hybridized carbons (Fsp3) is 0.400. The van der Waals surface area contributed by atoms with Gasteiger partial charge in [0.15, 0.2) is 5.78 Å². The van der Waals surface area contributed by atoms with Gasteiger partial charge in [-0.2, -0.15) is 5.10 Å². The van der Waals surface area contributed by atoms with E-state index >= 15 is 0 Å². The first-order chi connectivity index (χ1) is 12.8. The molecule has 2 N–H and O–H groups in total. The molecule has 0 radical (unpaired) electrons. The van der Waals surface area contributed by atoms with E-state index in [-0.39, 0.29) is 17.6 Å². The topological polar surface area (TPSA) is 93.1 Å². The molecule has 27 heavy (non-hydrogen) atoms. The number of benzene rings is 1. The zero-order valence-corrected chi connectivity index (χ0v) is 15.6. The van der Waals surface area contributed by atoms with E-state index in [1.807, 2.05) is 24.6 Å². The number of aryl methyl sites for hydroxylation is 2. The summed E-state index contributed by atoms with van der Waals surface area (Å²) in [4.78, 5) is 38.3. The molecule has 1 aliphatic heterocycles. The largest absolute Gasteiger partial charge is 0.354 e. The molecule has 1 aliphatic carbocycles. The molecule has 7 heteroatoms. The number of carbonyl (C=O) groups is 3. The van der Waals surface area contributed by atoms with E-state index in [0.717, 1.165) is 11.4 Å². The maximum atomic E-state index is 13.0. The van der Waals surface area contributed by atoms with Crippen LogP contribution in [0.4, 0.5) is 5.69 Å². The Hall–Kier alpha value is -2.96. The number of ketones is 1. The quantitative estimate of drug-likeness (QED) is 0.861. The molecule has 3 atom stereocenters. The van der Waals surface area contributed by atoms with Crippen molar-refractivity contribution < 1.29 is 14.4 Å². The minimum Gasteiger partial charge on any atom is -0.354 e. The van der Waals surface area contributed by atoms with Gasteiger partial charge in [-0.25, -0.2) is 0 Å². The summed E-state index contributed by atoms with van der Waals surface area (Å²) in [5.41, 5.74) is 1.95. The highest BCUT2D eigenvalue weighted by atomic mass is 16.2. The molecule has 1 saturated carbocycles. The summed E-state index contributed by atoms with van der Waals surface area (Å²) in [7, 11) is 0. The molecule has 2 aromatic rings. The lowest BCUT2D eigenvalue weighted by Gasteiger charge is -2.13. The molecule has 1 fully saturated rings. The number of aromatic nitrogens is 2. The van der Waals surface area contributed by atoms with Crippen molar-refractivity contribution in [3.8, 4) is 0 Å². The highest BCUT2D eigenvalue weighted by Gasteiger charge is 2.73. The van der Waals surface area contributed by atoms with Crippen LogP contribution in [0.1, 0.15) is 28.7 Å².